The minimum Gasteiger partial charge on any atom is -0.492 e. The third kappa shape index (κ3) is 3.82. The second-order valence-corrected chi connectivity index (χ2v) is 7.27. The number of anilines is 1. The number of benzene rings is 2. The molecule has 1 heterocycles. The second kappa shape index (κ2) is 9.05. The van der Waals surface area contributed by atoms with E-state index in [0.29, 0.717) is 6.61 Å². The molecule has 0 spiro atoms. The van der Waals surface area contributed by atoms with Gasteiger partial charge in [-0.05, 0) is 43.5 Å². The van der Waals surface area contributed by atoms with Crippen molar-refractivity contribution >= 4 is 23.3 Å². The highest BCUT2D eigenvalue weighted by atomic mass is 16.5. The molecule has 2 aromatic carbocycles. The summed E-state index contributed by atoms with van der Waals surface area (Å²) in [4.78, 5) is 4.98. The number of fused-ring (bicyclic) bond motifs is 1. The van der Waals surface area contributed by atoms with Crippen LogP contribution in [-0.4, -0.2) is 25.6 Å². The monoisotopic (exact) mass is 377 g/mol. The SMILES string of the molecule is CCCC1(CCC)C(/C=N/N(C)c2ccccc2OCC)=Nc2ccccc21. The first kappa shape index (κ1) is 20.1. The van der Waals surface area contributed by atoms with Crippen molar-refractivity contribution in [2.24, 2.45) is 10.1 Å². The van der Waals surface area contributed by atoms with E-state index in [1.165, 1.54) is 5.56 Å². The fourth-order valence-electron chi connectivity index (χ4n) is 4.21. The number of hydrogen-bond acceptors (Lipinski definition) is 4. The summed E-state index contributed by atoms with van der Waals surface area (Å²) in [6, 6.07) is 16.5. The van der Waals surface area contributed by atoms with Crippen molar-refractivity contribution in [3.05, 3.63) is 54.1 Å². The number of hydrazone groups is 1. The van der Waals surface area contributed by atoms with Gasteiger partial charge in [-0.3, -0.25) is 10.0 Å². The van der Waals surface area contributed by atoms with Crippen molar-refractivity contribution in [3.8, 4) is 5.75 Å². The molecule has 0 amide bonds. The van der Waals surface area contributed by atoms with Gasteiger partial charge in [-0.25, -0.2) is 0 Å². The van der Waals surface area contributed by atoms with Crippen molar-refractivity contribution in [2.45, 2.75) is 51.9 Å². The van der Waals surface area contributed by atoms with E-state index >= 15 is 0 Å². The quantitative estimate of drug-likeness (QED) is 0.389. The first-order chi connectivity index (χ1) is 13.7. The Balaban J connectivity index is 1.94. The fraction of sp³-hybridized carbons (Fsp3) is 0.417. The van der Waals surface area contributed by atoms with Gasteiger partial charge in [-0.2, -0.15) is 5.10 Å². The van der Waals surface area contributed by atoms with Crippen molar-refractivity contribution in [3.63, 3.8) is 0 Å². The molecular formula is C24H31N3O. The van der Waals surface area contributed by atoms with Gasteiger partial charge in [0, 0.05) is 12.5 Å². The predicted octanol–water partition coefficient (Wildman–Crippen LogP) is 6.13. The van der Waals surface area contributed by atoms with Gasteiger partial charge in [0.25, 0.3) is 0 Å². The molecule has 148 valence electrons. The van der Waals surface area contributed by atoms with Gasteiger partial charge >= 0.3 is 0 Å². The maximum absolute atomic E-state index is 5.75. The summed E-state index contributed by atoms with van der Waals surface area (Å²) in [5.41, 5.74) is 4.41. The molecule has 0 aliphatic carbocycles. The zero-order chi connectivity index (χ0) is 20.0. The molecule has 1 aliphatic rings. The van der Waals surface area contributed by atoms with Gasteiger partial charge in [0.15, 0.2) is 0 Å². The molecule has 4 heteroatoms. The Morgan fingerprint density at radius 2 is 1.68 bits per heavy atom. The fourth-order valence-corrected chi connectivity index (χ4v) is 4.21. The van der Waals surface area contributed by atoms with Gasteiger partial charge < -0.3 is 4.74 Å². The zero-order valence-electron chi connectivity index (χ0n) is 17.5. The molecule has 0 unspecified atom stereocenters. The molecule has 0 fully saturated rings. The van der Waals surface area contributed by atoms with Crippen molar-refractivity contribution in [2.75, 3.05) is 18.7 Å². The molecular weight excluding hydrogens is 346 g/mol. The molecule has 0 saturated carbocycles. The van der Waals surface area contributed by atoms with Crippen LogP contribution in [-0.2, 0) is 5.41 Å². The minimum absolute atomic E-state index is 0.0378. The van der Waals surface area contributed by atoms with Gasteiger partial charge in [-0.15, -0.1) is 0 Å². The smallest absolute Gasteiger partial charge is 0.144 e. The van der Waals surface area contributed by atoms with E-state index in [4.69, 9.17) is 14.8 Å². The average molecular weight is 378 g/mol. The van der Waals surface area contributed by atoms with Crippen LogP contribution in [0, 0.1) is 0 Å². The maximum Gasteiger partial charge on any atom is 0.144 e. The Labute approximate surface area is 168 Å². The lowest BCUT2D eigenvalue weighted by molar-refractivity contribution is 0.341. The van der Waals surface area contributed by atoms with Crippen LogP contribution in [0.25, 0.3) is 0 Å². The van der Waals surface area contributed by atoms with Gasteiger partial charge in [0.05, 0.1) is 24.2 Å². The highest BCUT2D eigenvalue weighted by molar-refractivity contribution is 6.37. The van der Waals surface area contributed by atoms with Gasteiger partial charge in [0.1, 0.15) is 11.4 Å². The summed E-state index contributed by atoms with van der Waals surface area (Å²) in [5, 5.41) is 6.63. The Bertz CT molecular complexity index is 850. The van der Waals surface area contributed by atoms with E-state index in [-0.39, 0.29) is 5.41 Å². The lowest BCUT2D eigenvalue weighted by Gasteiger charge is -2.30. The summed E-state index contributed by atoms with van der Waals surface area (Å²) in [5.74, 6) is 0.842. The predicted molar refractivity (Wildman–Crippen MR) is 120 cm³/mol. The van der Waals surface area contributed by atoms with Crippen LogP contribution < -0.4 is 9.75 Å². The van der Waals surface area contributed by atoms with Crippen LogP contribution in [0.1, 0.15) is 52.0 Å². The number of nitrogens with zero attached hydrogens (tertiary/aromatic N) is 3. The molecule has 0 atom stereocenters. The number of ether oxygens (including phenoxy) is 1. The first-order valence-electron chi connectivity index (χ1n) is 10.3. The van der Waals surface area contributed by atoms with Crippen molar-refractivity contribution in [1.29, 1.82) is 0 Å². The molecule has 0 aromatic heterocycles. The lowest BCUT2D eigenvalue weighted by atomic mass is 9.71. The summed E-state index contributed by atoms with van der Waals surface area (Å²) in [6.07, 6.45) is 6.35. The number of para-hydroxylation sites is 3. The normalized spacial score (nSPS) is 14.8. The first-order valence-corrected chi connectivity index (χ1v) is 10.3. The maximum atomic E-state index is 5.75. The summed E-state index contributed by atoms with van der Waals surface area (Å²) in [7, 11) is 1.96. The van der Waals surface area contributed by atoms with Gasteiger partial charge in [0.2, 0.25) is 0 Å². The molecule has 4 nitrogen and oxygen atoms in total. The number of hydrogen-bond donors (Lipinski definition) is 0. The third-order valence-electron chi connectivity index (χ3n) is 5.37. The van der Waals surface area contributed by atoms with E-state index < -0.39 is 0 Å². The Kier molecular flexibility index (Phi) is 6.50. The highest BCUT2D eigenvalue weighted by Gasteiger charge is 2.41. The minimum atomic E-state index is -0.0378. The van der Waals surface area contributed by atoms with E-state index in [2.05, 4.69) is 38.1 Å². The van der Waals surface area contributed by atoms with E-state index in [1.807, 2.05) is 49.5 Å². The molecule has 0 N–H and O–H groups in total. The molecule has 0 saturated heterocycles. The van der Waals surface area contributed by atoms with Crippen LogP contribution in [0.15, 0.2) is 58.6 Å². The standard InChI is InChI=1S/C24H31N3O/c1-5-16-24(17-6-2)19-12-8-9-13-20(19)26-23(24)18-25-27(4)21-14-10-11-15-22(21)28-7-3/h8-15,18H,5-7,16-17H2,1-4H3/b25-18+. The molecule has 0 bridgehead atoms. The lowest BCUT2D eigenvalue weighted by Crippen LogP contribution is -2.34. The van der Waals surface area contributed by atoms with Crippen LogP contribution in [0.3, 0.4) is 0 Å². The van der Waals surface area contributed by atoms with E-state index in [1.54, 1.807) is 0 Å². The highest BCUT2D eigenvalue weighted by Crippen LogP contribution is 2.45. The van der Waals surface area contributed by atoms with Crippen molar-refractivity contribution in [1.82, 2.24) is 0 Å². The van der Waals surface area contributed by atoms with Gasteiger partial charge in [-0.1, -0.05) is 57.0 Å². The van der Waals surface area contributed by atoms with Crippen molar-refractivity contribution < 1.29 is 4.74 Å². The van der Waals surface area contributed by atoms with Crippen LogP contribution >= 0.6 is 0 Å². The average Bonchev–Trinajstić information content (AvgIpc) is 3.01. The summed E-state index contributed by atoms with van der Waals surface area (Å²) < 4.78 is 5.75. The molecule has 2 aromatic rings. The van der Waals surface area contributed by atoms with E-state index in [9.17, 15) is 0 Å². The summed E-state index contributed by atoms with van der Waals surface area (Å²) >= 11 is 0. The summed E-state index contributed by atoms with van der Waals surface area (Å²) in [6.45, 7) is 7.12. The number of aliphatic imine (C=N–C) groups is 1. The molecule has 28 heavy (non-hydrogen) atoms. The Hall–Kier alpha value is -2.62. The Morgan fingerprint density at radius 1 is 1.00 bits per heavy atom. The van der Waals surface area contributed by atoms with Crippen LogP contribution in [0.4, 0.5) is 11.4 Å². The zero-order valence-corrected chi connectivity index (χ0v) is 17.5. The third-order valence-corrected chi connectivity index (χ3v) is 5.37. The Morgan fingerprint density at radius 3 is 2.39 bits per heavy atom. The topological polar surface area (TPSA) is 37.2 Å². The molecule has 3 rings (SSSR count). The van der Waals surface area contributed by atoms with Crippen LogP contribution in [0.2, 0.25) is 0 Å². The van der Waals surface area contributed by atoms with E-state index in [0.717, 1.165) is 48.5 Å². The van der Waals surface area contributed by atoms with Crippen LogP contribution in [0.5, 0.6) is 5.75 Å². The number of rotatable bonds is 9. The second-order valence-electron chi connectivity index (χ2n) is 7.27. The largest absolute Gasteiger partial charge is 0.492 e. The molecule has 0 radical (unpaired) electrons. The molecule has 1 aliphatic heterocycles.